The van der Waals surface area contributed by atoms with Gasteiger partial charge in [-0.05, 0) is 12.8 Å². The fourth-order valence-electron chi connectivity index (χ4n) is 2.44. The van der Waals surface area contributed by atoms with Gasteiger partial charge in [0.05, 0.1) is 5.25 Å². The van der Waals surface area contributed by atoms with Gasteiger partial charge in [0, 0.05) is 29.3 Å². The first-order chi connectivity index (χ1) is 9.52. The van der Waals surface area contributed by atoms with Crippen LogP contribution >= 0.6 is 10.7 Å². The van der Waals surface area contributed by atoms with Crippen molar-refractivity contribution in [2.24, 2.45) is 0 Å². The third-order valence-corrected chi connectivity index (χ3v) is 5.50. The van der Waals surface area contributed by atoms with E-state index in [1.54, 1.807) is 0 Å². The molecule has 5 nitrogen and oxygen atoms in total. The molecule has 20 heavy (non-hydrogen) atoms. The van der Waals surface area contributed by atoms with Crippen molar-refractivity contribution < 1.29 is 17.9 Å². The van der Waals surface area contributed by atoms with Gasteiger partial charge in [0.2, 0.25) is 9.05 Å². The molecule has 0 radical (unpaired) electrons. The smallest absolute Gasteiger partial charge is 0.294 e. The normalized spacial score (nSPS) is 19.4. The van der Waals surface area contributed by atoms with Crippen LogP contribution in [0.3, 0.4) is 0 Å². The Bertz CT molecular complexity index is 541. The predicted octanol–water partition coefficient (Wildman–Crippen LogP) is 1.89. The third kappa shape index (κ3) is 3.71. The zero-order valence-corrected chi connectivity index (χ0v) is 12.4. The zero-order valence-electron chi connectivity index (χ0n) is 10.8. The topological polar surface area (TPSA) is 63.7 Å². The fraction of sp³-hybridized carbons (Fsp3) is 0.462. The molecule has 2 rings (SSSR count). The molecule has 0 saturated carbocycles. The number of halogens is 1. The molecule has 1 heterocycles. The lowest BCUT2D eigenvalue weighted by Gasteiger charge is -2.35. The number of nitrogens with zero attached hydrogens (tertiary/aromatic N) is 1. The summed E-state index contributed by atoms with van der Waals surface area (Å²) in [5.41, 5.74) is 0.867. The van der Waals surface area contributed by atoms with Crippen LogP contribution in [0.5, 0.6) is 0 Å². The van der Waals surface area contributed by atoms with E-state index in [-0.39, 0.29) is 0 Å². The summed E-state index contributed by atoms with van der Waals surface area (Å²) in [5.74, 6) is 0. The Kier molecular flexibility index (Phi) is 5.01. The molecule has 1 fully saturated rings. The first-order valence-corrected chi connectivity index (χ1v) is 8.71. The molecular weight excluding hydrogens is 302 g/mol. The van der Waals surface area contributed by atoms with Gasteiger partial charge >= 0.3 is 0 Å². The molecule has 0 spiro atoms. The van der Waals surface area contributed by atoms with E-state index < -0.39 is 20.5 Å². The number of hydrogen-bond donors (Lipinski definition) is 0. The van der Waals surface area contributed by atoms with Gasteiger partial charge in [0.1, 0.15) is 0 Å². The van der Waals surface area contributed by atoms with Crippen molar-refractivity contribution in [3.63, 3.8) is 0 Å². The maximum absolute atomic E-state index is 11.3. The summed E-state index contributed by atoms with van der Waals surface area (Å²) in [7, 11) is 1.87. The molecule has 0 N–H and O–H groups in total. The van der Waals surface area contributed by atoms with Gasteiger partial charge in [0.15, 0.2) is 6.23 Å². The Labute approximate surface area is 122 Å². The molecule has 110 valence electrons. The lowest BCUT2D eigenvalue weighted by Crippen LogP contribution is -2.41. The van der Waals surface area contributed by atoms with Gasteiger partial charge in [-0.3, -0.25) is 9.69 Å². The number of carbonyl (C=O) groups excluding carboxylic acids is 1. The van der Waals surface area contributed by atoms with Gasteiger partial charge in [-0.2, -0.15) is 0 Å². The summed E-state index contributed by atoms with van der Waals surface area (Å²) in [4.78, 5) is 12.6. The lowest BCUT2D eigenvalue weighted by atomic mass is 10.1. The van der Waals surface area contributed by atoms with E-state index in [1.807, 2.05) is 35.2 Å². The van der Waals surface area contributed by atoms with E-state index in [0.717, 1.165) is 5.56 Å². The molecule has 1 unspecified atom stereocenters. The molecule has 0 aromatic heterocycles. The quantitative estimate of drug-likeness (QED) is 0.613. The average molecular weight is 318 g/mol. The molecule has 1 aromatic rings. The van der Waals surface area contributed by atoms with Crippen molar-refractivity contribution >= 4 is 26.2 Å². The van der Waals surface area contributed by atoms with Crippen LogP contribution in [0.1, 0.15) is 24.6 Å². The first kappa shape index (κ1) is 15.3. The van der Waals surface area contributed by atoms with Gasteiger partial charge in [0.25, 0.3) is 6.47 Å². The maximum Gasteiger partial charge on any atom is 0.294 e. The average Bonchev–Trinajstić information content (AvgIpc) is 2.45. The predicted molar refractivity (Wildman–Crippen MR) is 75.7 cm³/mol. The van der Waals surface area contributed by atoms with Crippen molar-refractivity contribution in [1.29, 1.82) is 0 Å². The second kappa shape index (κ2) is 6.56. The van der Waals surface area contributed by atoms with Crippen LogP contribution in [0.25, 0.3) is 0 Å². The SMILES string of the molecule is O=COC(c1ccccc1)N1CCC(S(=O)(=O)Cl)CC1. The second-order valence-corrected chi connectivity index (χ2v) is 7.61. The molecule has 1 saturated heterocycles. The van der Waals surface area contributed by atoms with Crippen LogP contribution < -0.4 is 0 Å². The number of piperidine rings is 1. The summed E-state index contributed by atoms with van der Waals surface area (Å²) in [6, 6.07) is 9.36. The molecule has 1 aliphatic rings. The summed E-state index contributed by atoms with van der Waals surface area (Å²) in [6.45, 7) is 1.45. The highest BCUT2D eigenvalue weighted by Gasteiger charge is 2.32. The molecular formula is C13H16ClNO4S. The molecule has 1 atom stereocenters. The van der Waals surface area contributed by atoms with Gasteiger partial charge in [-0.25, -0.2) is 8.42 Å². The Balaban J connectivity index is 2.08. The van der Waals surface area contributed by atoms with Crippen LogP contribution in [0.2, 0.25) is 0 Å². The number of likely N-dealkylation sites (tertiary alicyclic amines) is 1. The minimum absolute atomic E-state index is 0.419. The molecule has 0 amide bonds. The molecule has 7 heteroatoms. The van der Waals surface area contributed by atoms with Crippen molar-refractivity contribution in [1.82, 2.24) is 4.90 Å². The summed E-state index contributed by atoms with van der Waals surface area (Å²) < 4.78 is 27.8. The Morgan fingerprint density at radius 1 is 1.25 bits per heavy atom. The van der Waals surface area contributed by atoms with Crippen LogP contribution in [-0.2, 0) is 18.6 Å². The minimum Gasteiger partial charge on any atom is -0.444 e. The second-order valence-electron chi connectivity index (χ2n) is 4.71. The lowest BCUT2D eigenvalue weighted by molar-refractivity contribution is -0.145. The first-order valence-electron chi connectivity index (χ1n) is 6.34. The van der Waals surface area contributed by atoms with E-state index in [2.05, 4.69) is 0 Å². The van der Waals surface area contributed by atoms with E-state index in [9.17, 15) is 13.2 Å². The summed E-state index contributed by atoms with van der Waals surface area (Å²) in [5, 5.41) is -0.520. The standard InChI is InChI=1S/C13H16ClNO4S/c14-20(17,18)12-6-8-15(9-7-12)13(19-10-16)11-4-2-1-3-5-11/h1-5,10,12-13H,6-9H2. The van der Waals surface area contributed by atoms with Crippen molar-refractivity contribution in [2.75, 3.05) is 13.1 Å². The molecule has 0 bridgehead atoms. The van der Waals surface area contributed by atoms with Crippen LogP contribution in [0.15, 0.2) is 30.3 Å². The third-order valence-electron chi connectivity index (χ3n) is 3.48. The van der Waals surface area contributed by atoms with Gasteiger partial charge in [-0.15, -0.1) is 0 Å². The fourth-order valence-corrected chi connectivity index (χ4v) is 3.75. The highest BCUT2D eigenvalue weighted by Crippen LogP contribution is 2.28. The van der Waals surface area contributed by atoms with Crippen molar-refractivity contribution in [3.05, 3.63) is 35.9 Å². The number of carbonyl (C=O) groups is 1. The summed E-state index contributed by atoms with van der Waals surface area (Å²) >= 11 is 0. The van der Waals surface area contributed by atoms with E-state index in [0.29, 0.717) is 32.4 Å². The van der Waals surface area contributed by atoms with Crippen molar-refractivity contribution in [3.8, 4) is 0 Å². The van der Waals surface area contributed by atoms with Gasteiger partial charge in [-0.1, -0.05) is 30.3 Å². The van der Waals surface area contributed by atoms with Crippen LogP contribution in [0.4, 0.5) is 0 Å². The zero-order chi connectivity index (χ0) is 14.6. The monoisotopic (exact) mass is 317 g/mol. The Morgan fingerprint density at radius 3 is 2.35 bits per heavy atom. The Morgan fingerprint density at radius 2 is 1.85 bits per heavy atom. The van der Waals surface area contributed by atoms with E-state index in [1.165, 1.54) is 0 Å². The maximum atomic E-state index is 11.3. The van der Waals surface area contributed by atoms with Gasteiger partial charge < -0.3 is 4.74 Å². The molecule has 0 aliphatic carbocycles. The minimum atomic E-state index is -3.52. The van der Waals surface area contributed by atoms with Crippen molar-refractivity contribution in [2.45, 2.75) is 24.3 Å². The highest BCUT2D eigenvalue weighted by molar-refractivity contribution is 8.14. The molecule has 1 aromatic carbocycles. The van der Waals surface area contributed by atoms with Crippen LogP contribution in [-0.4, -0.2) is 38.1 Å². The number of rotatable bonds is 5. The van der Waals surface area contributed by atoms with E-state index in [4.69, 9.17) is 15.4 Å². The number of ether oxygens (including phenoxy) is 1. The number of benzene rings is 1. The summed E-state index contributed by atoms with van der Waals surface area (Å²) in [6.07, 6.45) is 0.405. The van der Waals surface area contributed by atoms with Crippen LogP contribution in [0, 0.1) is 0 Å². The van der Waals surface area contributed by atoms with E-state index >= 15 is 0 Å². The molecule has 1 aliphatic heterocycles. The highest BCUT2D eigenvalue weighted by atomic mass is 35.7. The Hall–Kier alpha value is -1.11. The number of hydrogen-bond acceptors (Lipinski definition) is 5. The largest absolute Gasteiger partial charge is 0.444 e.